The van der Waals surface area contributed by atoms with Gasteiger partial charge in [0.2, 0.25) is 0 Å². The van der Waals surface area contributed by atoms with Crippen LogP contribution in [-0.4, -0.2) is 59.7 Å². The lowest BCUT2D eigenvalue weighted by atomic mass is 10.2. The molecule has 2 heterocycles. The zero-order valence-electron chi connectivity index (χ0n) is 17.0. The molecule has 0 saturated carbocycles. The number of nitrogens with two attached hydrogens (primary N) is 1. The van der Waals surface area contributed by atoms with Crippen molar-refractivity contribution in [3.8, 4) is 0 Å². The highest BCUT2D eigenvalue weighted by Crippen LogP contribution is 2.18. The third-order valence-corrected chi connectivity index (χ3v) is 4.47. The van der Waals surface area contributed by atoms with E-state index in [1.165, 1.54) is 6.34 Å². The molecule has 0 aromatic carbocycles. The first kappa shape index (κ1) is 22.2. The van der Waals surface area contributed by atoms with Gasteiger partial charge >= 0.3 is 6.09 Å². The molecule has 2 N–H and O–H groups in total. The maximum Gasteiger partial charge on any atom is 0.410 e. The summed E-state index contributed by atoms with van der Waals surface area (Å²) in [6, 6.07) is 1.97. The quantitative estimate of drug-likeness (QED) is 0.422. The van der Waals surface area contributed by atoms with E-state index in [4.69, 9.17) is 19.9 Å². The van der Waals surface area contributed by atoms with Crippen molar-refractivity contribution >= 4 is 24.2 Å². The van der Waals surface area contributed by atoms with Crippen LogP contribution < -0.4 is 5.73 Å². The molecule has 0 spiro atoms. The van der Waals surface area contributed by atoms with Gasteiger partial charge in [-0.15, -0.1) is 0 Å². The second kappa shape index (κ2) is 10.4. The van der Waals surface area contributed by atoms with E-state index in [-0.39, 0.29) is 12.2 Å². The molecule has 1 aromatic rings. The SMILES string of the molecule is CSCc1c(CO/C=C/C2CN(C(=O)OC(C)(C)C)CCO2)ccn1/N=C\N. The van der Waals surface area contributed by atoms with E-state index < -0.39 is 5.60 Å². The second-order valence-electron chi connectivity index (χ2n) is 7.30. The smallest absolute Gasteiger partial charge is 0.410 e. The lowest BCUT2D eigenvalue weighted by Crippen LogP contribution is -2.46. The number of ether oxygens (including phenoxy) is 3. The maximum atomic E-state index is 12.2. The molecule has 0 radical (unpaired) electrons. The van der Waals surface area contributed by atoms with Crippen LogP contribution >= 0.6 is 11.8 Å². The van der Waals surface area contributed by atoms with Crippen LogP contribution in [0.1, 0.15) is 32.0 Å². The van der Waals surface area contributed by atoms with E-state index in [1.807, 2.05) is 45.4 Å². The van der Waals surface area contributed by atoms with Crippen LogP contribution in [0.2, 0.25) is 0 Å². The van der Waals surface area contributed by atoms with Crippen molar-refractivity contribution < 1.29 is 19.0 Å². The summed E-state index contributed by atoms with van der Waals surface area (Å²) in [6.07, 6.45) is 8.06. The lowest BCUT2D eigenvalue weighted by molar-refractivity contribution is -0.0270. The van der Waals surface area contributed by atoms with Gasteiger partial charge in [-0.3, -0.25) is 0 Å². The van der Waals surface area contributed by atoms with Crippen molar-refractivity contribution in [2.75, 3.05) is 26.0 Å². The molecule has 1 aliphatic heterocycles. The number of rotatable bonds is 7. The average Bonchev–Trinajstić information content (AvgIpc) is 3.00. The highest BCUT2D eigenvalue weighted by Gasteiger charge is 2.27. The third kappa shape index (κ3) is 6.79. The Morgan fingerprint density at radius 3 is 2.96 bits per heavy atom. The molecule has 9 heteroatoms. The van der Waals surface area contributed by atoms with Crippen molar-refractivity contribution in [3.05, 3.63) is 35.9 Å². The topological polar surface area (TPSA) is 91.3 Å². The molecule has 1 unspecified atom stereocenters. The molecular weight excluding hydrogens is 380 g/mol. The van der Waals surface area contributed by atoms with Crippen molar-refractivity contribution in [2.24, 2.45) is 10.8 Å². The largest absolute Gasteiger partial charge is 0.497 e. The summed E-state index contributed by atoms with van der Waals surface area (Å²) in [5.41, 5.74) is 6.98. The first-order valence-corrected chi connectivity index (χ1v) is 10.5. The highest BCUT2D eigenvalue weighted by atomic mass is 32.2. The summed E-state index contributed by atoms with van der Waals surface area (Å²) >= 11 is 1.70. The van der Waals surface area contributed by atoms with Crippen LogP contribution in [0.4, 0.5) is 4.79 Å². The van der Waals surface area contributed by atoms with Gasteiger partial charge in [0.1, 0.15) is 18.5 Å². The van der Waals surface area contributed by atoms with Gasteiger partial charge in [0.05, 0.1) is 31.2 Å². The molecule has 1 amide bonds. The van der Waals surface area contributed by atoms with Gasteiger partial charge in [0, 0.05) is 24.1 Å². The molecule has 28 heavy (non-hydrogen) atoms. The van der Waals surface area contributed by atoms with E-state index in [2.05, 4.69) is 5.10 Å². The normalized spacial score (nSPS) is 18.1. The molecule has 1 saturated heterocycles. The van der Waals surface area contributed by atoms with Crippen molar-refractivity contribution in [1.82, 2.24) is 9.58 Å². The number of thioether (sulfide) groups is 1. The second-order valence-corrected chi connectivity index (χ2v) is 8.17. The Hall–Kier alpha value is -2.13. The summed E-state index contributed by atoms with van der Waals surface area (Å²) in [4.78, 5) is 13.9. The van der Waals surface area contributed by atoms with E-state index in [9.17, 15) is 4.79 Å². The minimum atomic E-state index is -0.511. The maximum absolute atomic E-state index is 12.2. The minimum absolute atomic E-state index is 0.224. The van der Waals surface area contributed by atoms with E-state index in [0.29, 0.717) is 26.3 Å². The fourth-order valence-corrected chi connectivity index (χ4v) is 3.26. The first-order chi connectivity index (χ1) is 13.3. The molecule has 156 valence electrons. The molecule has 0 aliphatic carbocycles. The lowest BCUT2D eigenvalue weighted by Gasteiger charge is -2.33. The van der Waals surface area contributed by atoms with Crippen molar-refractivity contribution in [3.63, 3.8) is 0 Å². The zero-order chi connectivity index (χ0) is 20.6. The first-order valence-electron chi connectivity index (χ1n) is 9.14. The number of hydrogen-bond donors (Lipinski definition) is 1. The Labute approximate surface area is 170 Å². The van der Waals surface area contributed by atoms with Crippen molar-refractivity contribution in [2.45, 2.75) is 44.8 Å². The van der Waals surface area contributed by atoms with Crippen LogP contribution in [0.15, 0.2) is 29.7 Å². The Bertz CT molecular complexity index is 697. The van der Waals surface area contributed by atoms with Gasteiger partial charge in [0.15, 0.2) is 0 Å². The van der Waals surface area contributed by atoms with Gasteiger partial charge in [-0.25, -0.2) is 9.47 Å². The third-order valence-electron chi connectivity index (χ3n) is 3.91. The molecule has 8 nitrogen and oxygen atoms in total. The standard InChI is InChI=1S/C19H30N4O4S/c1-19(2,3)27-18(24)22-8-10-26-16(11-22)6-9-25-12-15-5-7-23(21-14-20)17(15)13-28-4/h5-7,9,14,16H,8,10-13H2,1-4H3,(H2,20,21)/b9-6+. The molecule has 2 rings (SSSR count). The van der Waals surface area contributed by atoms with Gasteiger partial charge in [-0.2, -0.15) is 16.9 Å². The molecule has 0 bridgehead atoms. The fraction of sp³-hybridized carbons (Fsp3) is 0.579. The summed E-state index contributed by atoms with van der Waals surface area (Å²) in [5, 5.41) is 4.11. The van der Waals surface area contributed by atoms with Crippen LogP contribution in [0.3, 0.4) is 0 Å². The molecular formula is C19H30N4O4S. The van der Waals surface area contributed by atoms with Gasteiger partial charge in [0.25, 0.3) is 0 Å². The zero-order valence-corrected chi connectivity index (χ0v) is 17.8. The van der Waals surface area contributed by atoms with E-state index in [1.54, 1.807) is 27.6 Å². The number of carbonyl (C=O) groups is 1. The van der Waals surface area contributed by atoms with Crippen LogP contribution in [0.5, 0.6) is 0 Å². The summed E-state index contributed by atoms with van der Waals surface area (Å²) in [7, 11) is 0. The Balaban J connectivity index is 1.87. The molecule has 1 atom stereocenters. The van der Waals surface area contributed by atoms with Gasteiger partial charge < -0.3 is 24.8 Å². The Morgan fingerprint density at radius 2 is 2.29 bits per heavy atom. The number of aromatic nitrogens is 1. The van der Waals surface area contributed by atoms with Crippen LogP contribution in [0, 0.1) is 0 Å². The predicted octanol–water partition coefficient (Wildman–Crippen LogP) is 2.77. The summed E-state index contributed by atoms with van der Waals surface area (Å²) in [5.74, 6) is 0.809. The number of carbonyl (C=O) groups excluding carboxylic acids is 1. The molecule has 1 aliphatic rings. The van der Waals surface area contributed by atoms with Crippen LogP contribution in [-0.2, 0) is 26.6 Å². The molecule has 1 fully saturated rings. The average molecular weight is 411 g/mol. The van der Waals surface area contributed by atoms with Gasteiger partial charge in [-0.1, -0.05) is 0 Å². The predicted molar refractivity (Wildman–Crippen MR) is 111 cm³/mol. The minimum Gasteiger partial charge on any atom is -0.497 e. The van der Waals surface area contributed by atoms with Crippen molar-refractivity contribution in [1.29, 1.82) is 0 Å². The number of nitrogens with zero attached hydrogens (tertiary/aromatic N) is 3. The number of amides is 1. The number of hydrogen-bond acceptors (Lipinski definition) is 6. The Morgan fingerprint density at radius 1 is 1.50 bits per heavy atom. The summed E-state index contributed by atoms with van der Waals surface area (Å²) < 4.78 is 18.5. The summed E-state index contributed by atoms with van der Waals surface area (Å²) in [6.45, 7) is 7.41. The van der Waals surface area contributed by atoms with E-state index in [0.717, 1.165) is 17.0 Å². The van der Waals surface area contributed by atoms with E-state index >= 15 is 0 Å². The monoisotopic (exact) mass is 410 g/mol. The number of morpholine rings is 1. The molecule has 1 aromatic heterocycles. The fourth-order valence-electron chi connectivity index (χ4n) is 2.67. The highest BCUT2D eigenvalue weighted by molar-refractivity contribution is 7.97. The van der Waals surface area contributed by atoms with Gasteiger partial charge in [-0.05, 0) is 39.2 Å². The van der Waals surface area contributed by atoms with Crippen LogP contribution in [0.25, 0.3) is 0 Å². The Kier molecular flexibility index (Phi) is 8.25.